The molecule has 0 fully saturated rings. The molecule has 1 atom stereocenters. The third-order valence-corrected chi connectivity index (χ3v) is 1.93. The zero-order valence-electron chi connectivity index (χ0n) is 6.39. The van der Waals surface area contributed by atoms with Gasteiger partial charge in [-0.05, 0) is 12.1 Å². The van der Waals surface area contributed by atoms with Crippen molar-refractivity contribution in [3.05, 3.63) is 33.8 Å². The van der Waals surface area contributed by atoms with E-state index in [-0.39, 0.29) is 4.47 Å². The fourth-order valence-electron chi connectivity index (χ4n) is 0.898. The van der Waals surface area contributed by atoms with Crippen LogP contribution in [-0.4, -0.2) is 5.11 Å². The first kappa shape index (κ1) is 10.2. The van der Waals surface area contributed by atoms with Crippen LogP contribution in [0, 0.1) is 24.0 Å². The van der Waals surface area contributed by atoms with E-state index in [1.807, 2.05) is 5.92 Å². The van der Waals surface area contributed by atoms with Crippen LogP contribution >= 0.6 is 15.9 Å². The zero-order valence-corrected chi connectivity index (χ0v) is 7.98. The number of hydrogen-bond acceptors (Lipinski definition) is 1. The van der Waals surface area contributed by atoms with Crippen molar-refractivity contribution in [1.29, 1.82) is 0 Å². The van der Waals surface area contributed by atoms with E-state index in [1.165, 1.54) is 0 Å². The summed E-state index contributed by atoms with van der Waals surface area (Å²) >= 11 is 2.90. The number of hydrogen-bond donors (Lipinski definition) is 1. The Balaban J connectivity index is 3.30. The summed E-state index contributed by atoms with van der Waals surface area (Å²) in [6.45, 7) is 0. The van der Waals surface area contributed by atoms with Gasteiger partial charge < -0.3 is 5.11 Å². The van der Waals surface area contributed by atoms with E-state index in [9.17, 15) is 8.78 Å². The number of benzene rings is 1. The van der Waals surface area contributed by atoms with Gasteiger partial charge in [0.15, 0.2) is 0 Å². The minimum absolute atomic E-state index is 0.260. The summed E-state index contributed by atoms with van der Waals surface area (Å²) in [7, 11) is 0. The molecule has 1 nitrogen and oxygen atoms in total. The van der Waals surface area contributed by atoms with E-state index in [0.29, 0.717) is 0 Å². The summed E-state index contributed by atoms with van der Waals surface area (Å²) in [5.74, 6) is 0.115. The molecule has 0 heterocycles. The van der Waals surface area contributed by atoms with Crippen molar-refractivity contribution in [3.63, 3.8) is 0 Å². The second-order valence-corrected chi connectivity index (χ2v) is 3.27. The maximum Gasteiger partial charge on any atom is 0.145 e. The SMILES string of the molecule is C#CC(O)c1c(F)cc(Br)cc1F. The molecular formula is C9H5BrF2O. The van der Waals surface area contributed by atoms with Gasteiger partial charge in [0.25, 0.3) is 0 Å². The molecule has 0 bridgehead atoms. The lowest BCUT2D eigenvalue weighted by molar-refractivity contribution is 0.226. The van der Waals surface area contributed by atoms with Gasteiger partial charge in [-0.1, -0.05) is 21.9 Å². The van der Waals surface area contributed by atoms with Gasteiger partial charge in [0.05, 0.1) is 5.56 Å². The van der Waals surface area contributed by atoms with Crippen LogP contribution < -0.4 is 0 Å². The topological polar surface area (TPSA) is 20.2 Å². The molecule has 0 saturated heterocycles. The smallest absolute Gasteiger partial charge is 0.145 e. The third-order valence-electron chi connectivity index (χ3n) is 1.48. The molecule has 0 radical (unpaired) electrons. The van der Waals surface area contributed by atoms with Gasteiger partial charge in [-0.25, -0.2) is 8.78 Å². The summed E-state index contributed by atoms with van der Waals surface area (Å²) in [6.07, 6.45) is 3.29. The van der Waals surface area contributed by atoms with Crippen molar-refractivity contribution in [3.8, 4) is 12.3 Å². The van der Waals surface area contributed by atoms with E-state index in [1.54, 1.807) is 0 Å². The Hall–Kier alpha value is -0.920. The van der Waals surface area contributed by atoms with Crippen molar-refractivity contribution >= 4 is 15.9 Å². The number of aliphatic hydroxyl groups is 1. The largest absolute Gasteiger partial charge is 0.376 e. The molecule has 0 aromatic heterocycles. The van der Waals surface area contributed by atoms with Crippen LogP contribution in [0.1, 0.15) is 11.7 Å². The van der Waals surface area contributed by atoms with Crippen LogP contribution in [0.3, 0.4) is 0 Å². The van der Waals surface area contributed by atoms with Gasteiger partial charge in [0.1, 0.15) is 17.7 Å². The first-order valence-corrected chi connectivity index (χ1v) is 4.14. The first-order chi connectivity index (χ1) is 6.06. The number of terminal acetylenes is 1. The molecule has 68 valence electrons. The van der Waals surface area contributed by atoms with E-state index in [0.717, 1.165) is 12.1 Å². The van der Waals surface area contributed by atoms with E-state index >= 15 is 0 Å². The minimum Gasteiger partial charge on any atom is -0.376 e. The van der Waals surface area contributed by atoms with Gasteiger partial charge in [-0.3, -0.25) is 0 Å². The molecule has 1 N–H and O–H groups in total. The summed E-state index contributed by atoms with van der Waals surface area (Å²) < 4.78 is 26.3. The van der Waals surface area contributed by atoms with E-state index in [2.05, 4.69) is 15.9 Å². The molecule has 0 aliphatic heterocycles. The molecule has 0 aliphatic rings. The van der Waals surface area contributed by atoms with Crippen molar-refractivity contribution in [1.82, 2.24) is 0 Å². The minimum atomic E-state index is -1.55. The van der Waals surface area contributed by atoms with Crippen LogP contribution in [-0.2, 0) is 0 Å². The van der Waals surface area contributed by atoms with Crippen molar-refractivity contribution < 1.29 is 13.9 Å². The van der Waals surface area contributed by atoms with Crippen LogP contribution in [0.2, 0.25) is 0 Å². The maximum absolute atomic E-state index is 13.0. The van der Waals surface area contributed by atoms with Gasteiger partial charge in [-0.2, -0.15) is 0 Å². The molecule has 0 spiro atoms. The Morgan fingerprint density at radius 1 is 1.38 bits per heavy atom. The summed E-state index contributed by atoms with van der Waals surface area (Å²) in [5, 5.41) is 9.05. The second-order valence-electron chi connectivity index (χ2n) is 2.35. The summed E-state index contributed by atoms with van der Waals surface area (Å²) in [5.41, 5.74) is -0.495. The molecule has 1 aromatic rings. The normalized spacial score (nSPS) is 12.2. The standard InChI is InChI=1S/C9H5BrF2O/c1-2-8(13)9-6(11)3-5(10)4-7(9)12/h1,3-4,8,13H. The monoisotopic (exact) mass is 246 g/mol. The number of rotatable bonds is 1. The zero-order chi connectivity index (χ0) is 10.0. The average Bonchev–Trinajstić information content (AvgIpc) is 2.02. The van der Waals surface area contributed by atoms with Gasteiger partial charge >= 0.3 is 0 Å². The highest BCUT2D eigenvalue weighted by atomic mass is 79.9. The molecule has 4 heteroatoms. The van der Waals surface area contributed by atoms with E-state index in [4.69, 9.17) is 11.5 Å². The number of aliphatic hydroxyl groups excluding tert-OH is 1. The molecule has 1 aromatic carbocycles. The predicted octanol–water partition coefficient (Wildman–Crippen LogP) is 2.39. The second kappa shape index (κ2) is 3.86. The Bertz CT molecular complexity index is 347. The predicted molar refractivity (Wildman–Crippen MR) is 47.9 cm³/mol. The average molecular weight is 247 g/mol. The van der Waals surface area contributed by atoms with Crippen molar-refractivity contribution in [2.75, 3.05) is 0 Å². The lowest BCUT2D eigenvalue weighted by Crippen LogP contribution is -2.01. The van der Waals surface area contributed by atoms with Crippen LogP contribution in [0.25, 0.3) is 0 Å². The van der Waals surface area contributed by atoms with Gasteiger partial charge in [0.2, 0.25) is 0 Å². The molecule has 13 heavy (non-hydrogen) atoms. The van der Waals surface area contributed by atoms with Crippen molar-refractivity contribution in [2.45, 2.75) is 6.10 Å². The van der Waals surface area contributed by atoms with Gasteiger partial charge in [-0.15, -0.1) is 6.42 Å². The Morgan fingerprint density at radius 2 is 1.85 bits per heavy atom. The van der Waals surface area contributed by atoms with E-state index < -0.39 is 23.3 Å². The maximum atomic E-state index is 13.0. The fourth-order valence-corrected chi connectivity index (χ4v) is 1.30. The highest BCUT2D eigenvalue weighted by Crippen LogP contribution is 2.24. The highest BCUT2D eigenvalue weighted by Gasteiger charge is 2.16. The van der Waals surface area contributed by atoms with Crippen molar-refractivity contribution in [2.24, 2.45) is 0 Å². The lowest BCUT2D eigenvalue weighted by Gasteiger charge is -2.06. The Labute approximate surface area is 82.5 Å². The third kappa shape index (κ3) is 2.06. The highest BCUT2D eigenvalue weighted by molar-refractivity contribution is 9.10. The van der Waals surface area contributed by atoms with Gasteiger partial charge in [0, 0.05) is 4.47 Å². The Morgan fingerprint density at radius 3 is 2.23 bits per heavy atom. The summed E-state index contributed by atoms with van der Waals surface area (Å²) in [6, 6.07) is 2.08. The number of halogens is 3. The first-order valence-electron chi connectivity index (χ1n) is 3.35. The van der Waals surface area contributed by atoms with Crippen LogP contribution in [0.5, 0.6) is 0 Å². The lowest BCUT2D eigenvalue weighted by atomic mass is 10.1. The Kier molecular flexibility index (Phi) is 3.02. The molecule has 0 aliphatic carbocycles. The molecule has 0 amide bonds. The molecular weight excluding hydrogens is 242 g/mol. The molecule has 1 rings (SSSR count). The molecule has 1 unspecified atom stereocenters. The summed E-state index contributed by atoms with van der Waals surface area (Å²) in [4.78, 5) is 0. The quantitative estimate of drug-likeness (QED) is 0.755. The fraction of sp³-hybridized carbons (Fsp3) is 0.111. The van der Waals surface area contributed by atoms with Crippen LogP contribution in [0.4, 0.5) is 8.78 Å². The molecule has 0 saturated carbocycles. The van der Waals surface area contributed by atoms with Crippen LogP contribution in [0.15, 0.2) is 16.6 Å².